The van der Waals surface area contributed by atoms with E-state index in [0.717, 1.165) is 24.0 Å². The number of carbonyl (C=O) groups excluding carboxylic acids is 2. The summed E-state index contributed by atoms with van der Waals surface area (Å²) in [6.45, 7) is 5.07. The molecule has 1 aliphatic heterocycles. The van der Waals surface area contributed by atoms with E-state index in [1.165, 1.54) is 11.1 Å². The second kappa shape index (κ2) is 7.95. The number of likely N-dealkylation sites (tertiary alicyclic amines) is 1. The summed E-state index contributed by atoms with van der Waals surface area (Å²) < 4.78 is 0. The number of piperidine rings is 1. The minimum atomic E-state index is -0.672. The Morgan fingerprint density at radius 2 is 1.63 bits per heavy atom. The third-order valence-corrected chi connectivity index (χ3v) is 5.64. The van der Waals surface area contributed by atoms with E-state index in [0.29, 0.717) is 25.9 Å². The van der Waals surface area contributed by atoms with Crippen LogP contribution in [0.1, 0.15) is 37.3 Å². The average Bonchev–Trinajstić information content (AvgIpc) is 2.68. The van der Waals surface area contributed by atoms with Crippen molar-refractivity contribution < 1.29 is 9.59 Å². The summed E-state index contributed by atoms with van der Waals surface area (Å²) >= 11 is 0. The van der Waals surface area contributed by atoms with Crippen molar-refractivity contribution in [3.63, 3.8) is 0 Å². The lowest BCUT2D eigenvalue weighted by Crippen LogP contribution is -2.53. The summed E-state index contributed by atoms with van der Waals surface area (Å²) in [7, 11) is 0. The highest BCUT2D eigenvalue weighted by molar-refractivity contribution is 5.83. The van der Waals surface area contributed by atoms with Crippen LogP contribution >= 0.6 is 0 Å². The van der Waals surface area contributed by atoms with Gasteiger partial charge < -0.3 is 10.6 Å². The zero-order valence-corrected chi connectivity index (χ0v) is 16.2. The maximum absolute atomic E-state index is 12.3. The van der Waals surface area contributed by atoms with Crippen LogP contribution in [0, 0.1) is 12.3 Å². The zero-order valence-electron chi connectivity index (χ0n) is 16.2. The van der Waals surface area contributed by atoms with Crippen LogP contribution in [-0.2, 0) is 16.0 Å². The molecule has 0 spiro atoms. The minimum Gasteiger partial charge on any atom is -0.369 e. The van der Waals surface area contributed by atoms with E-state index in [1.807, 2.05) is 6.92 Å². The van der Waals surface area contributed by atoms with Crippen molar-refractivity contribution in [2.75, 3.05) is 13.1 Å². The fourth-order valence-corrected chi connectivity index (χ4v) is 3.95. The molecule has 4 nitrogen and oxygen atoms in total. The van der Waals surface area contributed by atoms with E-state index < -0.39 is 5.41 Å². The monoisotopic (exact) mass is 364 g/mol. The molecule has 2 N–H and O–H groups in total. The Morgan fingerprint density at radius 3 is 2.19 bits per heavy atom. The predicted octanol–water partition coefficient (Wildman–Crippen LogP) is 3.71. The molecule has 0 aromatic heterocycles. The molecule has 27 heavy (non-hydrogen) atoms. The number of rotatable bonds is 5. The number of nitrogens with zero attached hydrogens (tertiary/aromatic N) is 1. The molecule has 0 bridgehead atoms. The highest BCUT2D eigenvalue weighted by atomic mass is 16.2. The Kier molecular flexibility index (Phi) is 5.64. The van der Waals surface area contributed by atoms with Crippen LogP contribution in [0.4, 0.5) is 0 Å². The first-order valence-electron chi connectivity index (χ1n) is 9.67. The van der Waals surface area contributed by atoms with Crippen molar-refractivity contribution in [1.29, 1.82) is 0 Å². The van der Waals surface area contributed by atoms with Crippen LogP contribution in [0.3, 0.4) is 0 Å². The van der Waals surface area contributed by atoms with Gasteiger partial charge in [0.1, 0.15) is 0 Å². The van der Waals surface area contributed by atoms with Gasteiger partial charge in [-0.2, -0.15) is 0 Å². The van der Waals surface area contributed by atoms with Crippen molar-refractivity contribution >= 4 is 11.8 Å². The molecule has 0 radical (unpaired) electrons. The van der Waals surface area contributed by atoms with Gasteiger partial charge in [0.2, 0.25) is 11.8 Å². The zero-order chi connectivity index (χ0) is 19.4. The van der Waals surface area contributed by atoms with E-state index in [4.69, 9.17) is 5.73 Å². The molecule has 2 aromatic rings. The van der Waals surface area contributed by atoms with Gasteiger partial charge in [-0.05, 0) is 42.9 Å². The first-order valence-corrected chi connectivity index (χ1v) is 9.67. The lowest BCUT2D eigenvalue weighted by molar-refractivity contribution is -0.139. The molecule has 1 heterocycles. The predicted molar refractivity (Wildman–Crippen MR) is 108 cm³/mol. The summed E-state index contributed by atoms with van der Waals surface area (Å²) in [6.07, 6.45) is 2.58. The summed E-state index contributed by atoms with van der Waals surface area (Å²) in [4.78, 5) is 26.3. The molecule has 0 aliphatic carbocycles. The molecule has 0 saturated carbocycles. The molecule has 1 aliphatic rings. The van der Waals surface area contributed by atoms with E-state index in [9.17, 15) is 9.59 Å². The van der Waals surface area contributed by atoms with Crippen molar-refractivity contribution in [2.45, 2.75) is 39.5 Å². The Balaban J connectivity index is 1.79. The Hall–Kier alpha value is -2.62. The Labute approximate surface area is 161 Å². The second-order valence-electron chi connectivity index (χ2n) is 7.66. The highest BCUT2D eigenvalue weighted by Gasteiger charge is 2.41. The topological polar surface area (TPSA) is 63.4 Å². The average molecular weight is 364 g/mol. The number of amides is 2. The number of aryl methyl sites for hydroxylation is 1. The van der Waals surface area contributed by atoms with Crippen molar-refractivity contribution in [2.24, 2.45) is 11.1 Å². The van der Waals surface area contributed by atoms with Crippen LogP contribution in [0.25, 0.3) is 11.1 Å². The first kappa shape index (κ1) is 19.2. The minimum absolute atomic E-state index is 0.0926. The lowest BCUT2D eigenvalue weighted by Gasteiger charge is -2.41. The van der Waals surface area contributed by atoms with Gasteiger partial charge in [-0.15, -0.1) is 0 Å². The molecule has 3 rings (SSSR count). The largest absolute Gasteiger partial charge is 0.369 e. The van der Waals surface area contributed by atoms with Crippen molar-refractivity contribution in [3.8, 4) is 11.1 Å². The van der Waals surface area contributed by atoms with Crippen LogP contribution < -0.4 is 5.73 Å². The van der Waals surface area contributed by atoms with Crippen LogP contribution in [0.15, 0.2) is 48.5 Å². The van der Waals surface area contributed by atoms with Gasteiger partial charge in [0.15, 0.2) is 0 Å². The molecule has 2 aromatic carbocycles. The molecule has 4 heteroatoms. The maximum Gasteiger partial charge on any atom is 0.225 e. The summed E-state index contributed by atoms with van der Waals surface area (Å²) in [5.74, 6) is -0.214. The fraction of sp³-hybridized carbons (Fsp3) is 0.391. The number of hydrogen-bond acceptors (Lipinski definition) is 2. The maximum atomic E-state index is 12.3. The highest BCUT2D eigenvalue weighted by Crippen LogP contribution is 2.34. The van der Waals surface area contributed by atoms with Gasteiger partial charge in [0.05, 0.1) is 5.41 Å². The molecule has 2 amide bonds. The van der Waals surface area contributed by atoms with Crippen LogP contribution in [0.5, 0.6) is 0 Å². The smallest absolute Gasteiger partial charge is 0.225 e. The van der Waals surface area contributed by atoms with Gasteiger partial charge >= 0.3 is 0 Å². The van der Waals surface area contributed by atoms with Crippen LogP contribution in [-0.4, -0.2) is 29.8 Å². The van der Waals surface area contributed by atoms with Gasteiger partial charge in [-0.1, -0.05) is 61.0 Å². The standard InChI is InChI=1S/C23H28N2O2/c1-3-21(26)25-14-4-13-23(16-25,22(24)27)15-18-7-11-20(12-8-18)19-9-5-17(2)6-10-19/h5-12H,3-4,13-16H2,1-2H3,(H2,24,27)/t23-/m0/s1. The van der Waals surface area contributed by atoms with Gasteiger partial charge in [0.25, 0.3) is 0 Å². The third kappa shape index (κ3) is 4.21. The lowest BCUT2D eigenvalue weighted by atomic mass is 9.74. The van der Waals surface area contributed by atoms with E-state index in [2.05, 4.69) is 55.5 Å². The molecular weight excluding hydrogens is 336 g/mol. The van der Waals surface area contributed by atoms with Crippen molar-refractivity contribution in [1.82, 2.24) is 4.90 Å². The normalized spacial score (nSPS) is 19.7. The number of nitrogens with two attached hydrogens (primary N) is 1. The second-order valence-corrected chi connectivity index (χ2v) is 7.66. The Morgan fingerprint density at radius 1 is 1.04 bits per heavy atom. The quantitative estimate of drug-likeness (QED) is 0.879. The number of benzene rings is 2. The van der Waals surface area contributed by atoms with E-state index in [1.54, 1.807) is 4.90 Å². The summed E-state index contributed by atoms with van der Waals surface area (Å²) in [5.41, 5.74) is 9.78. The van der Waals surface area contributed by atoms with E-state index >= 15 is 0 Å². The summed E-state index contributed by atoms with van der Waals surface area (Å²) in [6, 6.07) is 16.8. The SMILES string of the molecule is CCC(=O)N1CCC[C@@](Cc2ccc(-c3ccc(C)cc3)cc2)(C(N)=O)C1. The Bertz CT molecular complexity index is 811. The molecule has 1 atom stereocenters. The molecule has 1 saturated heterocycles. The van der Waals surface area contributed by atoms with E-state index in [-0.39, 0.29) is 11.8 Å². The summed E-state index contributed by atoms with van der Waals surface area (Å²) in [5, 5.41) is 0. The van der Waals surface area contributed by atoms with Gasteiger partial charge in [-0.3, -0.25) is 9.59 Å². The first-order chi connectivity index (χ1) is 12.9. The number of primary amides is 1. The van der Waals surface area contributed by atoms with Gasteiger partial charge in [0, 0.05) is 19.5 Å². The molecular formula is C23H28N2O2. The van der Waals surface area contributed by atoms with Crippen molar-refractivity contribution in [3.05, 3.63) is 59.7 Å². The molecule has 1 fully saturated rings. The van der Waals surface area contributed by atoms with Gasteiger partial charge in [-0.25, -0.2) is 0 Å². The van der Waals surface area contributed by atoms with Crippen LogP contribution in [0.2, 0.25) is 0 Å². The fourth-order valence-electron chi connectivity index (χ4n) is 3.95. The number of carbonyl (C=O) groups is 2. The third-order valence-electron chi connectivity index (χ3n) is 5.64. The molecule has 0 unspecified atom stereocenters. The molecule has 142 valence electrons. The number of hydrogen-bond donors (Lipinski definition) is 1.